The summed E-state index contributed by atoms with van der Waals surface area (Å²) in [6.45, 7) is 4.00. The third-order valence-electron chi connectivity index (χ3n) is 5.61. The molecule has 33 heavy (non-hydrogen) atoms. The summed E-state index contributed by atoms with van der Waals surface area (Å²) < 4.78 is 26.2. The van der Waals surface area contributed by atoms with Gasteiger partial charge in [0.1, 0.15) is 0 Å². The molecule has 0 aliphatic rings. The van der Waals surface area contributed by atoms with E-state index in [0.29, 0.717) is 22.7 Å². The van der Waals surface area contributed by atoms with Crippen molar-refractivity contribution in [1.82, 2.24) is 5.32 Å². The van der Waals surface area contributed by atoms with Crippen LogP contribution in [0.15, 0.2) is 72.8 Å². The predicted molar refractivity (Wildman–Crippen MR) is 135 cm³/mol. The summed E-state index contributed by atoms with van der Waals surface area (Å²) in [5, 5.41) is 3.64. The van der Waals surface area contributed by atoms with Gasteiger partial charge in [-0.2, -0.15) is 0 Å². The molecule has 0 aliphatic carbocycles. The zero-order chi connectivity index (χ0) is 24.0. The van der Waals surface area contributed by atoms with E-state index in [4.69, 9.17) is 11.6 Å². The fraction of sp³-hybridized carbons (Fsp3) is 0.269. The number of sulfonamides is 1. The molecule has 1 amide bonds. The predicted octanol–water partition coefficient (Wildman–Crippen LogP) is 5.41. The van der Waals surface area contributed by atoms with Gasteiger partial charge in [-0.1, -0.05) is 72.3 Å². The number of hydrogen-bond acceptors (Lipinski definition) is 3. The minimum atomic E-state index is -3.53. The van der Waals surface area contributed by atoms with Crippen molar-refractivity contribution in [1.29, 1.82) is 0 Å². The van der Waals surface area contributed by atoms with Crippen LogP contribution in [0, 0.1) is 13.8 Å². The van der Waals surface area contributed by atoms with Gasteiger partial charge in [-0.25, -0.2) is 8.42 Å². The highest BCUT2D eigenvalue weighted by Crippen LogP contribution is 2.29. The Morgan fingerprint density at radius 3 is 2.30 bits per heavy atom. The van der Waals surface area contributed by atoms with E-state index >= 15 is 0 Å². The van der Waals surface area contributed by atoms with Crippen molar-refractivity contribution in [3.63, 3.8) is 0 Å². The molecular weight excluding hydrogens is 456 g/mol. The number of benzene rings is 3. The summed E-state index contributed by atoms with van der Waals surface area (Å²) in [6.07, 6.45) is 1.73. The summed E-state index contributed by atoms with van der Waals surface area (Å²) in [5.74, 6) is -0.136. The van der Waals surface area contributed by atoms with Crippen LogP contribution >= 0.6 is 11.6 Å². The standard InChI is InChI=1S/C26H29ClN2O3S/c1-19-11-7-8-14-22(19)26(21-12-5-4-6-13-21)28-25(30)17-10-18-29(33(3,31)32)24-16-9-15-23(27)20(24)2/h4-9,11-16,26H,10,17-18H2,1-3H3,(H,28,30)/t26-/m0/s1. The lowest BCUT2D eigenvalue weighted by atomic mass is 9.95. The summed E-state index contributed by atoms with van der Waals surface area (Å²) >= 11 is 6.19. The Kier molecular flexibility index (Phi) is 8.16. The topological polar surface area (TPSA) is 66.5 Å². The van der Waals surface area contributed by atoms with Crippen molar-refractivity contribution >= 4 is 33.2 Å². The smallest absolute Gasteiger partial charge is 0.232 e. The molecule has 174 valence electrons. The van der Waals surface area contributed by atoms with Crippen molar-refractivity contribution in [2.45, 2.75) is 32.7 Å². The van der Waals surface area contributed by atoms with E-state index in [1.807, 2.05) is 61.5 Å². The number of aryl methyl sites for hydroxylation is 1. The average Bonchev–Trinajstić information content (AvgIpc) is 2.78. The molecular formula is C26H29ClN2O3S. The number of nitrogens with zero attached hydrogens (tertiary/aromatic N) is 1. The molecule has 0 unspecified atom stereocenters. The van der Waals surface area contributed by atoms with E-state index in [-0.39, 0.29) is 24.9 Å². The maximum atomic E-state index is 12.9. The Bertz CT molecular complexity index is 1210. The number of amides is 1. The SMILES string of the molecule is Cc1ccccc1[C@@H](NC(=O)CCCN(c1cccc(Cl)c1C)S(C)(=O)=O)c1ccccc1. The minimum Gasteiger partial charge on any atom is -0.345 e. The molecule has 7 heteroatoms. The molecule has 0 bridgehead atoms. The van der Waals surface area contributed by atoms with Crippen LogP contribution in [0.5, 0.6) is 0 Å². The summed E-state index contributed by atoms with van der Waals surface area (Å²) in [7, 11) is -3.53. The molecule has 3 aromatic carbocycles. The van der Waals surface area contributed by atoms with Crippen molar-refractivity contribution in [2.75, 3.05) is 17.1 Å². The fourth-order valence-electron chi connectivity index (χ4n) is 3.84. The number of rotatable bonds is 9. The van der Waals surface area contributed by atoms with E-state index in [2.05, 4.69) is 5.32 Å². The third kappa shape index (κ3) is 6.36. The van der Waals surface area contributed by atoms with Gasteiger partial charge in [0, 0.05) is 18.0 Å². The van der Waals surface area contributed by atoms with Crippen LogP contribution in [0.3, 0.4) is 0 Å². The lowest BCUT2D eigenvalue weighted by Gasteiger charge is -2.25. The van der Waals surface area contributed by atoms with Crippen LogP contribution in [0.25, 0.3) is 0 Å². The van der Waals surface area contributed by atoms with Crippen molar-refractivity contribution in [3.05, 3.63) is 100 Å². The van der Waals surface area contributed by atoms with Crippen LogP contribution in [0.4, 0.5) is 5.69 Å². The van der Waals surface area contributed by atoms with E-state index in [1.54, 1.807) is 25.1 Å². The monoisotopic (exact) mass is 484 g/mol. The molecule has 0 spiro atoms. The molecule has 0 aliphatic heterocycles. The van der Waals surface area contributed by atoms with Crippen molar-refractivity contribution in [2.24, 2.45) is 0 Å². The van der Waals surface area contributed by atoms with Gasteiger partial charge in [-0.05, 0) is 54.7 Å². The van der Waals surface area contributed by atoms with Gasteiger partial charge in [0.25, 0.3) is 0 Å². The highest BCUT2D eigenvalue weighted by Gasteiger charge is 2.22. The third-order valence-corrected chi connectivity index (χ3v) is 7.20. The van der Waals surface area contributed by atoms with E-state index < -0.39 is 10.0 Å². The number of anilines is 1. The second-order valence-corrected chi connectivity index (χ2v) is 10.4. The highest BCUT2D eigenvalue weighted by molar-refractivity contribution is 7.92. The Morgan fingerprint density at radius 1 is 0.970 bits per heavy atom. The fourth-order valence-corrected chi connectivity index (χ4v) is 5.03. The van der Waals surface area contributed by atoms with Gasteiger partial charge in [-0.15, -0.1) is 0 Å². The Hall–Kier alpha value is -2.83. The van der Waals surface area contributed by atoms with Gasteiger partial charge in [0.05, 0.1) is 18.0 Å². The Balaban J connectivity index is 1.73. The minimum absolute atomic E-state index is 0.136. The summed E-state index contributed by atoms with van der Waals surface area (Å²) in [4.78, 5) is 12.9. The van der Waals surface area contributed by atoms with E-state index in [0.717, 1.165) is 22.9 Å². The molecule has 0 heterocycles. The first-order valence-corrected chi connectivity index (χ1v) is 13.0. The number of halogens is 1. The Morgan fingerprint density at radius 2 is 1.64 bits per heavy atom. The summed E-state index contributed by atoms with van der Waals surface area (Å²) in [6, 6.07) is 22.7. The number of nitrogens with one attached hydrogen (secondary N) is 1. The summed E-state index contributed by atoms with van der Waals surface area (Å²) in [5.41, 5.74) is 4.34. The van der Waals surface area contributed by atoms with Gasteiger partial charge >= 0.3 is 0 Å². The van der Waals surface area contributed by atoms with Crippen molar-refractivity contribution < 1.29 is 13.2 Å². The first-order valence-electron chi connectivity index (χ1n) is 10.8. The first-order chi connectivity index (χ1) is 15.7. The Labute approximate surface area is 201 Å². The van der Waals surface area contributed by atoms with Crippen LogP contribution in [0.1, 0.15) is 41.1 Å². The number of carbonyl (C=O) groups is 1. The quantitative estimate of drug-likeness (QED) is 0.441. The lowest BCUT2D eigenvalue weighted by molar-refractivity contribution is -0.121. The molecule has 1 N–H and O–H groups in total. The maximum Gasteiger partial charge on any atom is 0.232 e. The highest BCUT2D eigenvalue weighted by atomic mass is 35.5. The van der Waals surface area contributed by atoms with Crippen LogP contribution < -0.4 is 9.62 Å². The molecule has 0 fully saturated rings. The first kappa shape index (κ1) is 24.8. The molecule has 3 rings (SSSR count). The van der Waals surface area contributed by atoms with E-state index in [1.165, 1.54) is 4.31 Å². The van der Waals surface area contributed by atoms with Gasteiger partial charge < -0.3 is 5.32 Å². The van der Waals surface area contributed by atoms with Crippen LogP contribution in [0.2, 0.25) is 5.02 Å². The van der Waals surface area contributed by atoms with Gasteiger partial charge in [0.2, 0.25) is 15.9 Å². The van der Waals surface area contributed by atoms with E-state index in [9.17, 15) is 13.2 Å². The number of carbonyl (C=O) groups excluding carboxylic acids is 1. The second-order valence-electron chi connectivity index (χ2n) is 8.09. The largest absolute Gasteiger partial charge is 0.345 e. The molecule has 0 aromatic heterocycles. The molecule has 3 aromatic rings. The van der Waals surface area contributed by atoms with Crippen LogP contribution in [-0.4, -0.2) is 27.1 Å². The second kappa shape index (κ2) is 10.9. The lowest BCUT2D eigenvalue weighted by Crippen LogP contribution is -2.33. The zero-order valence-electron chi connectivity index (χ0n) is 19.1. The molecule has 0 saturated carbocycles. The van der Waals surface area contributed by atoms with Crippen molar-refractivity contribution in [3.8, 4) is 0 Å². The molecule has 0 saturated heterocycles. The molecule has 0 radical (unpaired) electrons. The number of hydrogen-bond donors (Lipinski definition) is 1. The molecule has 5 nitrogen and oxygen atoms in total. The molecule has 1 atom stereocenters. The normalized spacial score (nSPS) is 12.2. The average molecular weight is 485 g/mol. The van der Waals surface area contributed by atoms with Gasteiger partial charge in [-0.3, -0.25) is 9.10 Å². The maximum absolute atomic E-state index is 12.9. The van der Waals surface area contributed by atoms with Gasteiger partial charge in [0.15, 0.2) is 0 Å². The zero-order valence-corrected chi connectivity index (χ0v) is 20.7. The van der Waals surface area contributed by atoms with Crippen LogP contribution in [-0.2, 0) is 14.8 Å².